The normalized spacial score (nSPS) is 14.4. The van der Waals surface area contributed by atoms with Crippen LogP contribution in [0.4, 0.5) is 13.2 Å². The van der Waals surface area contributed by atoms with Gasteiger partial charge in [0.05, 0.1) is 6.42 Å². The topological polar surface area (TPSA) is 96.2 Å². The number of halogens is 3. The van der Waals surface area contributed by atoms with Crippen molar-refractivity contribution < 1.29 is 27.9 Å². The minimum absolute atomic E-state index is 0.0200. The lowest BCUT2D eigenvalue weighted by Gasteiger charge is -2.29. The lowest BCUT2D eigenvalue weighted by molar-refractivity contribution is -0.271. The summed E-state index contributed by atoms with van der Waals surface area (Å²) in [6.07, 6.45) is -4.05. The van der Waals surface area contributed by atoms with Crippen molar-refractivity contribution in [1.82, 2.24) is 20.4 Å². The monoisotopic (exact) mass is 336 g/mol. The lowest BCUT2D eigenvalue weighted by atomic mass is 9.97. The third-order valence-electron chi connectivity index (χ3n) is 3.01. The van der Waals surface area contributed by atoms with Crippen molar-refractivity contribution >= 4 is 11.8 Å². The first-order valence-corrected chi connectivity index (χ1v) is 6.82. The molecular weight excluding hydrogens is 317 g/mol. The van der Waals surface area contributed by atoms with Crippen LogP contribution in [0.5, 0.6) is 0 Å². The number of aryl methyl sites for hydroxylation is 1. The Balaban J connectivity index is 2.82. The van der Waals surface area contributed by atoms with Crippen molar-refractivity contribution in [2.45, 2.75) is 38.5 Å². The Morgan fingerprint density at radius 1 is 1.30 bits per heavy atom. The van der Waals surface area contributed by atoms with Crippen LogP contribution in [-0.4, -0.2) is 32.6 Å². The number of carbonyl (C=O) groups is 2. The van der Waals surface area contributed by atoms with E-state index in [4.69, 9.17) is 0 Å². The molecule has 0 bridgehead atoms. The molecule has 0 aliphatic rings. The van der Waals surface area contributed by atoms with Gasteiger partial charge in [0.15, 0.2) is 5.82 Å². The van der Waals surface area contributed by atoms with Crippen molar-refractivity contribution in [2.75, 3.05) is 0 Å². The highest BCUT2D eigenvalue weighted by Gasteiger charge is 2.58. The van der Waals surface area contributed by atoms with Crippen LogP contribution >= 0.6 is 0 Å². The average Bonchev–Trinajstić information content (AvgIpc) is 2.81. The Morgan fingerprint density at radius 3 is 2.30 bits per heavy atom. The Labute approximate surface area is 130 Å². The molecule has 1 atom stereocenters. The van der Waals surface area contributed by atoms with E-state index in [0.29, 0.717) is 0 Å². The van der Waals surface area contributed by atoms with E-state index in [0.717, 1.165) is 10.8 Å². The Hall–Kier alpha value is -2.10. The number of aromatic nitrogens is 2. The molecule has 0 saturated heterocycles. The molecule has 1 aromatic heterocycles. The van der Waals surface area contributed by atoms with E-state index in [1.807, 2.05) is 10.9 Å². The molecule has 0 aliphatic carbocycles. The van der Waals surface area contributed by atoms with Crippen molar-refractivity contribution in [1.29, 1.82) is 0 Å². The van der Waals surface area contributed by atoms with Crippen molar-refractivity contribution in [3.05, 3.63) is 18.2 Å². The fourth-order valence-electron chi connectivity index (χ4n) is 1.91. The van der Waals surface area contributed by atoms with Crippen LogP contribution in [0.15, 0.2) is 12.4 Å². The molecular formula is C13H19F3N4O3. The molecule has 23 heavy (non-hydrogen) atoms. The SMILES string of the molecule is CC(C)CC(=O)NNC(=O)C[C@](O)(c1nccn1C)C(F)(F)F. The minimum atomic E-state index is -5.12. The molecule has 0 aliphatic heterocycles. The van der Waals surface area contributed by atoms with Gasteiger partial charge < -0.3 is 9.67 Å². The van der Waals surface area contributed by atoms with Crippen LogP contribution in [0.3, 0.4) is 0 Å². The maximum Gasteiger partial charge on any atom is 0.425 e. The van der Waals surface area contributed by atoms with Gasteiger partial charge in [-0.1, -0.05) is 13.8 Å². The summed E-state index contributed by atoms with van der Waals surface area (Å²) in [6.45, 7) is 3.54. The summed E-state index contributed by atoms with van der Waals surface area (Å²) >= 11 is 0. The summed E-state index contributed by atoms with van der Waals surface area (Å²) < 4.78 is 40.6. The number of rotatable bonds is 5. The molecule has 0 saturated carbocycles. The van der Waals surface area contributed by atoms with E-state index in [1.165, 1.54) is 13.2 Å². The first-order valence-electron chi connectivity index (χ1n) is 6.82. The predicted octanol–water partition coefficient (Wildman–Crippen LogP) is 0.754. The van der Waals surface area contributed by atoms with Gasteiger partial charge in [-0.2, -0.15) is 13.2 Å². The predicted molar refractivity (Wildman–Crippen MR) is 73.5 cm³/mol. The molecule has 7 nitrogen and oxygen atoms in total. The summed E-state index contributed by atoms with van der Waals surface area (Å²) in [7, 11) is 1.27. The third kappa shape index (κ3) is 4.68. The quantitative estimate of drug-likeness (QED) is 0.692. The standard InChI is InChI=1S/C13H19F3N4O3/c1-8(2)6-9(21)18-19-10(22)7-12(23,13(14,15)16)11-17-4-5-20(11)3/h4-5,8,23H,6-7H2,1-3H3,(H,18,21)(H,19,22)/t12-/m0/s1. The molecule has 1 aromatic rings. The van der Waals surface area contributed by atoms with Crippen LogP contribution in [0, 0.1) is 5.92 Å². The zero-order chi connectivity index (χ0) is 17.8. The highest BCUT2D eigenvalue weighted by atomic mass is 19.4. The number of carbonyl (C=O) groups excluding carboxylic acids is 2. The number of imidazole rings is 1. The number of hydrogen-bond donors (Lipinski definition) is 3. The molecule has 0 radical (unpaired) electrons. The van der Waals surface area contributed by atoms with Gasteiger partial charge >= 0.3 is 6.18 Å². The van der Waals surface area contributed by atoms with Crippen LogP contribution < -0.4 is 10.9 Å². The highest BCUT2D eigenvalue weighted by Crippen LogP contribution is 2.40. The summed E-state index contributed by atoms with van der Waals surface area (Å²) in [5.41, 5.74) is 0.405. The van der Waals surface area contributed by atoms with Gasteiger partial charge in [-0.15, -0.1) is 0 Å². The molecule has 0 fully saturated rings. The van der Waals surface area contributed by atoms with E-state index in [-0.39, 0.29) is 12.3 Å². The van der Waals surface area contributed by atoms with Gasteiger partial charge in [0, 0.05) is 25.9 Å². The number of hydrogen-bond acceptors (Lipinski definition) is 4. The van der Waals surface area contributed by atoms with Crippen molar-refractivity contribution in [3.63, 3.8) is 0 Å². The first-order chi connectivity index (χ1) is 10.5. The summed E-state index contributed by atoms with van der Waals surface area (Å²) in [5, 5.41) is 9.99. The van der Waals surface area contributed by atoms with Crippen molar-refractivity contribution in [3.8, 4) is 0 Å². The van der Waals surface area contributed by atoms with Gasteiger partial charge in [-0.3, -0.25) is 20.4 Å². The van der Waals surface area contributed by atoms with Gasteiger partial charge in [-0.25, -0.2) is 4.98 Å². The molecule has 130 valence electrons. The van der Waals surface area contributed by atoms with Crippen LogP contribution in [-0.2, 0) is 22.2 Å². The van der Waals surface area contributed by atoms with Crippen LogP contribution in [0.25, 0.3) is 0 Å². The van der Waals surface area contributed by atoms with Gasteiger partial charge in [0.1, 0.15) is 0 Å². The van der Waals surface area contributed by atoms with E-state index in [1.54, 1.807) is 13.8 Å². The van der Waals surface area contributed by atoms with Gasteiger partial charge in [0.25, 0.3) is 0 Å². The molecule has 0 spiro atoms. The minimum Gasteiger partial charge on any atom is -0.374 e. The molecule has 1 rings (SSSR count). The fraction of sp³-hybridized carbons (Fsp3) is 0.615. The maximum atomic E-state index is 13.2. The Morgan fingerprint density at radius 2 is 1.87 bits per heavy atom. The van der Waals surface area contributed by atoms with Crippen LogP contribution in [0.1, 0.15) is 32.5 Å². The van der Waals surface area contributed by atoms with Crippen LogP contribution in [0.2, 0.25) is 0 Å². The lowest BCUT2D eigenvalue weighted by Crippen LogP contribution is -2.50. The Kier molecular flexibility index (Phi) is 5.75. The molecule has 2 amide bonds. The molecule has 0 unspecified atom stereocenters. The van der Waals surface area contributed by atoms with E-state index < -0.39 is 35.8 Å². The average molecular weight is 336 g/mol. The molecule has 0 aromatic carbocycles. The number of amides is 2. The second kappa shape index (κ2) is 6.99. The molecule has 3 N–H and O–H groups in total. The van der Waals surface area contributed by atoms with E-state index in [9.17, 15) is 27.9 Å². The summed E-state index contributed by atoms with van der Waals surface area (Å²) in [6, 6.07) is 0. The molecule has 1 heterocycles. The largest absolute Gasteiger partial charge is 0.425 e. The summed E-state index contributed by atoms with van der Waals surface area (Å²) in [5.74, 6) is -2.42. The second-order valence-corrected chi connectivity index (χ2v) is 5.59. The van der Waals surface area contributed by atoms with Gasteiger partial charge in [0.2, 0.25) is 17.4 Å². The number of hydrazine groups is 1. The number of aliphatic hydroxyl groups is 1. The first kappa shape index (κ1) is 18.9. The molecule has 10 heteroatoms. The van der Waals surface area contributed by atoms with E-state index >= 15 is 0 Å². The number of nitrogens with one attached hydrogen (secondary N) is 2. The highest BCUT2D eigenvalue weighted by molar-refractivity contribution is 5.82. The van der Waals surface area contributed by atoms with E-state index in [2.05, 4.69) is 4.98 Å². The number of alkyl halides is 3. The summed E-state index contributed by atoms with van der Waals surface area (Å²) in [4.78, 5) is 26.5. The third-order valence-corrected chi connectivity index (χ3v) is 3.01. The zero-order valence-electron chi connectivity index (χ0n) is 12.9. The maximum absolute atomic E-state index is 13.2. The van der Waals surface area contributed by atoms with Gasteiger partial charge in [-0.05, 0) is 5.92 Å². The Bertz CT molecular complexity index is 571. The zero-order valence-corrected chi connectivity index (χ0v) is 12.9. The number of nitrogens with zero attached hydrogens (tertiary/aromatic N) is 2. The fourth-order valence-corrected chi connectivity index (χ4v) is 1.91. The second-order valence-electron chi connectivity index (χ2n) is 5.59. The van der Waals surface area contributed by atoms with Crippen molar-refractivity contribution in [2.24, 2.45) is 13.0 Å². The smallest absolute Gasteiger partial charge is 0.374 e.